The number of carbonyl (C=O) groups is 2. The fraction of sp³-hybridized carbons (Fsp3) is 0.579. The highest BCUT2D eigenvalue weighted by atomic mass is 32.2. The van der Waals surface area contributed by atoms with E-state index >= 15 is 0 Å². The number of nitrogens with one attached hydrogen (secondary N) is 1. The molecule has 4 N–H and O–H groups in total. The zero-order chi connectivity index (χ0) is 21.2. The predicted molar refractivity (Wildman–Crippen MR) is 108 cm³/mol. The van der Waals surface area contributed by atoms with Gasteiger partial charge in [0.15, 0.2) is 0 Å². The van der Waals surface area contributed by atoms with Crippen molar-refractivity contribution >= 4 is 27.5 Å². The number of nitrogens with zero attached hydrogens (tertiary/aromatic N) is 2. The normalized spacial score (nSPS) is 19.6. The van der Waals surface area contributed by atoms with E-state index in [-0.39, 0.29) is 17.3 Å². The molecule has 1 aromatic carbocycles. The molecule has 0 aromatic heterocycles. The summed E-state index contributed by atoms with van der Waals surface area (Å²) in [4.78, 5) is 28.0. The maximum atomic E-state index is 13.0. The quantitative estimate of drug-likeness (QED) is 0.575. The van der Waals surface area contributed by atoms with Gasteiger partial charge in [-0.2, -0.15) is 4.72 Å². The van der Waals surface area contributed by atoms with E-state index in [9.17, 15) is 23.1 Å². The summed E-state index contributed by atoms with van der Waals surface area (Å²) in [6.07, 6.45) is 1.66. The number of aliphatic hydroxyl groups excluding tert-OH is 1. The first-order valence-corrected chi connectivity index (χ1v) is 11.3. The number of carbonyl (C=O) groups excluding carboxylic acids is 2. The number of hydrogen-bond acceptors (Lipinski definition) is 6. The van der Waals surface area contributed by atoms with Crippen molar-refractivity contribution < 1.29 is 23.1 Å². The molecule has 2 amide bonds. The second-order valence-corrected chi connectivity index (χ2v) is 9.20. The average molecular weight is 425 g/mol. The third kappa shape index (κ3) is 4.61. The lowest BCUT2D eigenvalue weighted by atomic mass is 10.1. The van der Waals surface area contributed by atoms with Gasteiger partial charge >= 0.3 is 0 Å². The van der Waals surface area contributed by atoms with Crippen molar-refractivity contribution in [3.05, 3.63) is 23.8 Å². The summed E-state index contributed by atoms with van der Waals surface area (Å²) in [6, 6.07) is 3.68. The van der Waals surface area contributed by atoms with Crippen LogP contribution in [0.1, 0.15) is 31.2 Å². The van der Waals surface area contributed by atoms with Crippen LogP contribution in [0, 0.1) is 6.92 Å². The molecule has 1 aromatic rings. The Kier molecular flexibility index (Phi) is 6.57. The molecule has 2 aliphatic rings. The van der Waals surface area contributed by atoms with Crippen LogP contribution in [0.15, 0.2) is 23.1 Å². The summed E-state index contributed by atoms with van der Waals surface area (Å²) in [5, 5.41) is 9.60. The van der Waals surface area contributed by atoms with Crippen LogP contribution in [-0.2, 0) is 19.6 Å². The van der Waals surface area contributed by atoms with Crippen LogP contribution >= 0.6 is 0 Å². The van der Waals surface area contributed by atoms with Crippen LogP contribution in [-0.4, -0.2) is 68.6 Å². The van der Waals surface area contributed by atoms with Gasteiger partial charge < -0.3 is 20.6 Å². The maximum absolute atomic E-state index is 13.0. The van der Waals surface area contributed by atoms with E-state index < -0.39 is 28.1 Å². The molecule has 0 unspecified atom stereocenters. The SMILES string of the molecule is Cc1c(N2CCCC2=O)cccc1S(=O)(=O)N[C@@H](CN)C(=O)N1CCC(O)CC1. The predicted octanol–water partition coefficient (Wildman–Crippen LogP) is -0.289. The van der Waals surface area contributed by atoms with Crippen LogP contribution in [0.25, 0.3) is 0 Å². The van der Waals surface area contributed by atoms with E-state index in [1.54, 1.807) is 24.0 Å². The Balaban J connectivity index is 1.81. The molecular formula is C19H28N4O5S. The zero-order valence-corrected chi connectivity index (χ0v) is 17.3. The molecule has 3 rings (SSSR count). The van der Waals surface area contributed by atoms with E-state index in [0.29, 0.717) is 50.1 Å². The van der Waals surface area contributed by atoms with Crippen molar-refractivity contribution in [1.82, 2.24) is 9.62 Å². The van der Waals surface area contributed by atoms with Gasteiger partial charge in [0.2, 0.25) is 21.8 Å². The van der Waals surface area contributed by atoms with Gasteiger partial charge in [-0.25, -0.2) is 8.42 Å². The molecule has 2 heterocycles. The van der Waals surface area contributed by atoms with Gasteiger partial charge in [-0.3, -0.25) is 9.59 Å². The van der Waals surface area contributed by atoms with E-state index in [0.717, 1.165) is 6.42 Å². The lowest BCUT2D eigenvalue weighted by Crippen LogP contribution is -2.54. The second-order valence-electron chi connectivity index (χ2n) is 7.52. The lowest BCUT2D eigenvalue weighted by Gasteiger charge is -2.32. The number of nitrogens with two attached hydrogens (primary N) is 1. The number of piperidine rings is 1. The number of anilines is 1. The summed E-state index contributed by atoms with van der Waals surface area (Å²) < 4.78 is 28.5. The maximum Gasteiger partial charge on any atom is 0.242 e. The van der Waals surface area contributed by atoms with Gasteiger partial charge in [-0.1, -0.05) is 6.07 Å². The van der Waals surface area contributed by atoms with Crippen LogP contribution < -0.4 is 15.4 Å². The first-order valence-electron chi connectivity index (χ1n) is 9.84. The van der Waals surface area contributed by atoms with Crippen molar-refractivity contribution in [2.75, 3.05) is 31.1 Å². The number of amides is 2. The summed E-state index contributed by atoms with van der Waals surface area (Å²) in [5.74, 6) is -0.426. The van der Waals surface area contributed by atoms with Gasteiger partial charge in [-0.05, 0) is 43.9 Å². The molecule has 1 atom stereocenters. The molecule has 160 valence electrons. The molecular weight excluding hydrogens is 396 g/mol. The Hall–Kier alpha value is -2.01. The highest BCUT2D eigenvalue weighted by Crippen LogP contribution is 2.29. The monoisotopic (exact) mass is 424 g/mol. The van der Waals surface area contributed by atoms with E-state index in [2.05, 4.69) is 4.72 Å². The molecule has 10 heteroatoms. The van der Waals surface area contributed by atoms with Crippen molar-refractivity contribution in [2.45, 2.75) is 49.6 Å². The standard InChI is InChI=1S/C19H28N4O5S/c1-13-16(23-9-3-6-18(23)25)4-2-5-17(13)29(27,28)21-15(12-20)19(26)22-10-7-14(24)8-11-22/h2,4-5,14-15,21,24H,3,6-12,20H2,1H3/t15-/m0/s1. The van der Waals surface area contributed by atoms with Crippen LogP contribution in [0.5, 0.6) is 0 Å². The Morgan fingerprint density at radius 1 is 1.31 bits per heavy atom. The molecule has 0 aliphatic carbocycles. The van der Waals surface area contributed by atoms with E-state index in [4.69, 9.17) is 5.73 Å². The third-order valence-electron chi connectivity index (χ3n) is 5.52. The largest absolute Gasteiger partial charge is 0.393 e. The van der Waals surface area contributed by atoms with Crippen molar-refractivity contribution in [2.24, 2.45) is 5.73 Å². The number of aliphatic hydroxyl groups is 1. The summed E-state index contributed by atoms with van der Waals surface area (Å²) in [7, 11) is -4.03. The van der Waals surface area contributed by atoms with E-state index in [1.165, 1.54) is 11.0 Å². The van der Waals surface area contributed by atoms with Crippen molar-refractivity contribution in [1.29, 1.82) is 0 Å². The van der Waals surface area contributed by atoms with Gasteiger partial charge in [0, 0.05) is 38.3 Å². The van der Waals surface area contributed by atoms with Crippen molar-refractivity contribution in [3.8, 4) is 0 Å². The first kappa shape index (κ1) is 21.7. The average Bonchev–Trinajstić information content (AvgIpc) is 3.12. The third-order valence-corrected chi connectivity index (χ3v) is 7.13. The Morgan fingerprint density at radius 2 is 2.00 bits per heavy atom. The molecule has 2 fully saturated rings. The number of likely N-dealkylation sites (tertiary alicyclic amines) is 1. The Morgan fingerprint density at radius 3 is 2.59 bits per heavy atom. The second kappa shape index (κ2) is 8.78. The van der Waals surface area contributed by atoms with Gasteiger partial charge in [0.05, 0.1) is 11.0 Å². The number of benzene rings is 1. The smallest absolute Gasteiger partial charge is 0.242 e. The molecule has 29 heavy (non-hydrogen) atoms. The van der Waals surface area contributed by atoms with Gasteiger partial charge in [0.1, 0.15) is 6.04 Å². The number of rotatable bonds is 6. The molecule has 2 aliphatic heterocycles. The van der Waals surface area contributed by atoms with Gasteiger partial charge in [0.25, 0.3) is 0 Å². The minimum atomic E-state index is -4.03. The summed E-state index contributed by atoms with van der Waals surface area (Å²) in [6.45, 7) is 2.76. The Bertz CT molecular complexity index is 881. The highest BCUT2D eigenvalue weighted by Gasteiger charge is 2.32. The van der Waals surface area contributed by atoms with Crippen LogP contribution in [0.4, 0.5) is 5.69 Å². The van der Waals surface area contributed by atoms with Gasteiger partial charge in [-0.15, -0.1) is 0 Å². The topological polar surface area (TPSA) is 133 Å². The number of hydrogen-bond donors (Lipinski definition) is 3. The fourth-order valence-corrected chi connectivity index (χ4v) is 5.31. The molecule has 2 saturated heterocycles. The van der Waals surface area contributed by atoms with Crippen LogP contribution in [0.2, 0.25) is 0 Å². The molecule has 0 spiro atoms. The Labute approximate surface area is 170 Å². The summed E-state index contributed by atoms with van der Waals surface area (Å²) in [5.41, 5.74) is 6.73. The van der Waals surface area contributed by atoms with E-state index in [1.807, 2.05) is 0 Å². The first-order chi connectivity index (χ1) is 13.7. The van der Waals surface area contributed by atoms with Crippen molar-refractivity contribution in [3.63, 3.8) is 0 Å². The van der Waals surface area contributed by atoms with Crippen LogP contribution in [0.3, 0.4) is 0 Å². The molecule has 9 nitrogen and oxygen atoms in total. The number of sulfonamides is 1. The highest BCUT2D eigenvalue weighted by molar-refractivity contribution is 7.89. The summed E-state index contributed by atoms with van der Waals surface area (Å²) >= 11 is 0. The lowest BCUT2D eigenvalue weighted by molar-refractivity contribution is -0.134. The molecule has 0 bridgehead atoms. The zero-order valence-electron chi connectivity index (χ0n) is 16.5. The molecule has 0 radical (unpaired) electrons. The fourth-order valence-electron chi connectivity index (χ4n) is 3.85. The minimum absolute atomic E-state index is 0.0232. The minimum Gasteiger partial charge on any atom is -0.393 e. The molecule has 0 saturated carbocycles.